The van der Waals surface area contributed by atoms with Crippen molar-refractivity contribution in [2.45, 2.75) is 57.6 Å². The van der Waals surface area contributed by atoms with E-state index in [9.17, 15) is 0 Å². The van der Waals surface area contributed by atoms with Crippen LogP contribution in [0.1, 0.15) is 51.0 Å². The number of oxime groups is 1. The number of hydrogen-bond donors (Lipinski definition) is 0. The molecule has 0 fully saturated rings. The Kier molecular flexibility index (Phi) is 5.09. The lowest BCUT2D eigenvalue weighted by molar-refractivity contribution is 0.0770. The SMILES string of the molecule is CCCCCC[C@H]1CC([C@@H]2COC(c3ccccc3)=N2)=NO1. The molecule has 3 rings (SSSR count). The van der Waals surface area contributed by atoms with Crippen LogP contribution in [0.3, 0.4) is 0 Å². The highest BCUT2D eigenvalue weighted by Gasteiger charge is 2.31. The summed E-state index contributed by atoms with van der Waals surface area (Å²) in [5, 5.41) is 4.26. The minimum Gasteiger partial charge on any atom is -0.475 e. The fourth-order valence-corrected chi connectivity index (χ4v) is 2.88. The number of rotatable bonds is 7. The van der Waals surface area contributed by atoms with E-state index in [1.54, 1.807) is 0 Å². The molecule has 0 radical (unpaired) electrons. The zero-order valence-corrected chi connectivity index (χ0v) is 13.2. The Morgan fingerprint density at radius 1 is 1.14 bits per heavy atom. The van der Waals surface area contributed by atoms with Crippen LogP contribution >= 0.6 is 0 Å². The summed E-state index contributed by atoms with van der Waals surface area (Å²) in [4.78, 5) is 10.2. The molecule has 0 amide bonds. The van der Waals surface area contributed by atoms with Crippen LogP contribution in [0.2, 0.25) is 0 Å². The van der Waals surface area contributed by atoms with Gasteiger partial charge in [0.2, 0.25) is 5.90 Å². The predicted octanol–water partition coefficient (Wildman–Crippen LogP) is 3.95. The Balaban J connectivity index is 1.50. The maximum atomic E-state index is 5.73. The molecule has 0 saturated carbocycles. The monoisotopic (exact) mass is 300 g/mol. The topological polar surface area (TPSA) is 43.2 Å². The lowest BCUT2D eigenvalue weighted by Crippen LogP contribution is -2.20. The summed E-state index contributed by atoms with van der Waals surface area (Å²) in [6.07, 6.45) is 7.31. The van der Waals surface area contributed by atoms with Crippen molar-refractivity contribution in [3.05, 3.63) is 35.9 Å². The highest BCUT2D eigenvalue weighted by atomic mass is 16.6. The Bertz CT molecular complexity index is 539. The van der Waals surface area contributed by atoms with Crippen LogP contribution in [0.4, 0.5) is 0 Å². The second-order valence-electron chi connectivity index (χ2n) is 5.99. The van der Waals surface area contributed by atoms with E-state index in [-0.39, 0.29) is 12.1 Å². The molecule has 2 atom stereocenters. The molecule has 0 aliphatic carbocycles. The summed E-state index contributed by atoms with van der Waals surface area (Å²) in [5.74, 6) is 0.722. The molecule has 1 aromatic carbocycles. The molecule has 2 aliphatic rings. The second kappa shape index (κ2) is 7.43. The van der Waals surface area contributed by atoms with Crippen molar-refractivity contribution in [2.75, 3.05) is 6.61 Å². The quantitative estimate of drug-likeness (QED) is 0.716. The van der Waals surface area contributed by atoms with E-state index in [0.29, 0.717) is 6.61 Å². The molecule has 118 valence electrons. The Morgan fingerprint density at radius 2 is 2.00 bits per heavy atom. The summed E-state index contributed by atoms with van der Waals surface area (Å²) in [5.41, 5.74) is 2.06. The molecule has 0 bridgehead atoms. The van der Waals surface area contributed by atoms with Gasteiger partial charge < -0.3 is 9.57 Å². The molecular weight excluding hydrogens is 276 g/mol. The van der Waals surface area contributed by atoms with Crippen LogP contribution in [0.5, 0.6) is 0 Å². The first-order valence-electron chi connectivity index (χ1n) is 8.35. The molecule has 0 unspecified atom stereocenters. The van der Waals surface area contributed by atoms with Gasteiger partial charge in [-0.25, -0.2) is 4.99 Å². The number of hydrogen-bond acceptors (Lipinski definition) is 4. The zero-order chi connectivity index (χ0) is 15.2. The maximum absolute atomic E-state index is 5.73. The summed E-state index contributed by atoms with van der Waals surface area (Å²) in [6, 6.07) is 10.0. The smallest absolute Gasteiger partial charge is 0.216 e. The highest BCUT2D eigenvalue weighted by Crippen LogP contribution is 2.23. The van der Waals surface area contributed by atoms with Gasteiger partial charge in [0.15, 0.2) is 0 Å². The molecule has 0 aromatic heterocycles. The molecular formula is C18H24N2O2. The number of benzene rings is 1. The minimum absolute atomic E-state index is 0.0239. The molecule has 4 heteroatoms. The van der Waals surface area contributed by atoms with Gasteiger partial charge >= 0.3 is 0 Å². The van der Waals surface area contributed by atoms with Gasteiger partial charge in [0.25, 0.3) is 0 Å². The molecule has 0 spiro atoms. The van der Waals surface area contributed by atoms with Gasteiger partial charge in [0.1, 0.15) is 18.8 Å². The third-order valence-electron chi connectivity index (χ3n) is 4.19. The fourth-order valence-electron chi connectivity index (χ4n) is 2.88. The van der Waals surface area contributed by atoms with Gasteiger partial charge in [0.05, 0.1) is 5.71 Å². The number of nitrogens with zero attached hydrogens (tertiary/aromatic N) is 2. The minimum atomic E-state index is 0.0239. The van der Waals surface area contributed by atoms with E-state index >= 15 is 0 Å². The Labute approximate surface area is 132 Å². The first-order chi connectivity index (χ1) is 10.9. The molecule has 1 aromatic rings. The van der Waals surface area contributed by atoms with Crippen LogP contribution < -0.4 is 0 Å². The molecule has 0 N–H and O–H groups in total. The Morgan fingerprint density at radius 3 is 2.82 bits per heavy atom. The van der Waals surface area contributed by atoms with E-state index in [1.165, 1.54) is 25.7 Å². The van der Waals surface area contributed by atoms with Crippen LogP contribution in [0, 0.1) is 0 Å². The Hall–Kier alpha value is -1.84. The summed E-state index contributed by atoms with van der Waals surface area (Å²) in [7, 11) is 0. The second-order valence-corrected chi connectivity index (χ2v) is 5.99. The van der Waals surface area contributed by atoms with Crippen molar-refractivity contribution in [3.8, 4) is 0 Å². The first-order valence-corrected chi connectivity index (χ1v) is 8.35. The molecule has 22 heavy (non-hydrogen) atoms. The molecule has 4 nitrogen and oxygen atoms in total. The molecule has 2 heterocycles. The van der Waals surface area contributed by atoms with Gasteiger partial charge in [-0.15, -0.1) is 0 Å². The van der Waals surface area contributed by atoms with E-state index in [4.69, 9.17) is 9.57 Å². The molecule has 2 aliphatic heterocycles. The highest BCUT2D eigenvalue weighted by molar-refractivity contribution is 6.00. The fraction of sp³-hybridized carbons (Fsp3) is 0.556. The summed E-state index contributed by atoms with van der Waals surface area (Å²) < 4.78 is 5.73. The third kappa shape index (κ3) is 3.67. The van der Waals surface area contributed by atoms with Gasteiger partial charge in [-0.2, -0.15) is 0 Å². The van der Waals surface area contributed by atoms with Crippen LogP contribution in [0.15, 0.2) is 40.5 Å². The zero-order valence-electron chi connectivity index (χ0n) is 13.2. The van der Waals surface area contributed by atoms with Crippen molar-refractivity contribution >= 4 is 11.6 Å². The lowest BCUT2D eigenvalue weighted by Gasteiger charge is -2.07. The largest absolute Gasteiger partial charge is 0.475 e. The van der Waals surface area contributed by atoms with Crippen molar-refractivity contribution in [2.24, 2.45) is 10.1 Å². The van der Waals surface area contributed by atoms with E-state index in [0.717, 1.165) is 30.0 Å². The average Bonchev–Trinajstić information content (AvgIpc) is 3.21. The van der Waals surface area contributed by atoms with Crippen LogP contribution in [-0.4, -0.2) is 30.4 Å². The number of aliphatic imine (C=N–C) groups is 1. The van der Waals surface area contributed by atoms with Crippen molar-refractivity contribution < 1.29 is 9.57 Å². The van der Waals surface area contributed by atoms with Crippen LogP contribution in [0.25, 0.3) is 0 Å². The lowest BCUT2D eigenvalue weighted by atomic mass is 10.0. The summed E-state index contributed by atoms with van der Waals surface area (Å²) in [6.45, 7) is 2.81. The van der Waals surface area contributed by atoms with Crippen LogP contribution in [-0.2, 0) is 9.57 Å². The number of unbranched alkanes of at least 4 members (excludes halogenated alkanes) is 3. The third-order valence-corrected chi connectivity index (χ3v) is 4.19. The number of ether oxygens (including phenoxy) is 1. The van der Waals surface area contributed by atoms with Crippen molar-refractivity contribution in [1.82, 2.24) is 0 Å². The standard InChI is InChI=1S/C18H24N2O2/c1-2-3-4-8-11-15-12-16(20-22-15)17-13-21-18(19-17)14-9-6-5-7-10-14/h5-7,9-10,15,17H,2-4,8,11-13H2,1H3/t15-,17-/m0/s1. The van der Waals surface area contributed by atoms with Gasteiger partial charge in [-0.05, 0) is 25.0 Å². The van der Waals surface area contributed by atoms with Crippen molar-refractivity contribution in [1.29, 1.82) is 0 Å². The average molecular weight is 300 g/mol. The van der Waals surface area contributed by atoms with E-state index in [2.05, 4.69) is 17.1 Å². The van der Waals surface area contributed by atoms with E-state index in [1.807, 2.05) is 30.3 Å². The van der Waals surface area contributed by atoms with Crippen molar-refractivity contribution in [3.63, 3.8) is 0 Å². The normalized spacial score (nSPS) is 23.7. The van der Waals surface area contributed by atoms with Gasteiger partial charge in [0, 0.05) is 12.0 Å². The van der Waals surface area contributed by atoms with Gasteiger partial charge in [-0.1, -0.05) is 49.5 Å². The van der Waals surface area contributed by atoms with E-state index < -0.39 is 0 Å². The maximum Gasteiger partial charge on any atom is 0.216 e. The van der Waals surface area contributed by atoms with Gasteiger partial charge in [-0.3, -0.25) is 0 Å². The first kappa shape index (κ1) is 15.1. The predicted molar refractivity (Wildman–Crippen MR) is 88.4 cm³/mol. The molecule has 0 saturated heterocycles. The summed E-state index contributed by atoms with van der Waals surface area (Å²) >= 11 is 0.